The lowest BCUT2D eigenvalue weighted by Gasteiger charge is -2.40. The minimum atomic E-state index is 0.284. The normalized spacial score (nSPS) is 20.7. The molecular formula is C32H36ClN7O. The fraction of sp³-hybridized carbons (Fsp3) is 0.406. The molecule has 2 fully saturated rings. The highest BCUT2D eigenvalue weighted by atomic mass is 35.5. The van der Waals surface area contributed by atoms with Gasteiger partial charge in [0.2, 0.25) is 0 Å². The molecule has 0 spiro atoms. The van der Waals surface area contributed by atoms with Crippen LogP contribution in [0.2, 0.25) is 5.02 Å². The lowest BCUT2D eigenvalue weighted by molar-refractivity contribution is 0.0757. The Morgan fingerprint density at radius 2 is 1.71 bits per heavy atom. The van der Waals surface area contributed by atoms with Gasteiger partial charge in [-0.15, -0.1) is 0 Å². The monoisotopic (exact) mass is 569 g/mol. The summed E-state index contributed by atoms with van der Waals surface area (Å²) in [5, 5.41) is 17.4. The number of aliphatic hydroxyl groups is 1. The van der Waals surface area contributed by atoms with Gasteiger partial charge in [0.15, 0.2) is 5.65 Å². The van der Waals surface area contributed by atoms with Gasteiger partial charge in [-0.3, -0.25) is 0 Å². The van der Waals surface area contributed by atoms with E-state index in [4.69, 9.17) is 22.4 Å². The molecule has 4 heterocycles. The Balaban J connectivity index is 1.16. The van der Waals surface area contributed by atoms with Gasteiger partial charge >= 0.3 is 0 Å². The van der Waals surface area contributed by atoms with Gasteiger partial charge in [0.25, 0.3) is 0 Å². The fourth-order valence-corrected chi connectivity index (χ4v) is 7.11. The van der Waals surface area contributed by atoms with Gasteiger partial charge in [0.1, 0.15) is 17.8 Å². The molecule has 3 N–H and O–H groups in total. The van der Waals surface area contributed by atoms with Crippen molar-refractivity contribution in [1.29, 1.82) is 0 Å². The number of halogens is 1. The number of nitrogen functional groups attached to an aromatic ring is 1. The van der Waals surface area contributed by atoms with Crippen LogP contribution in [0.5, 0.6) is 0 Å². The van der Waals surface area contributed by atoms with Gasteiger partial charge < -0.3 is 20.3 Å². The molecule has 41 heavy (non-hydrogen) atoms. The summed E-state index contributed by atoms with van der Waals surface area (Å²) in [5.74, 6) is 0.940. The lowest BCUT2D eigenvalue weighted by Crippen LogP contribution is -2.43. The number of nitrogens with zero attached hydrogens (tertiary/aromatic N) is 6. The van der Waals surface area contributed by atoms with E-state index in [2.05, 4.69) is 60.6 Å². The zero-order valence-corrected chi connectivity index (χ0v) is 23.9. The molecule has 5 aromatic rings. The predicted molar refractivity (Wildman–Crippen MR) is 164 cm³/mol. The zero-order valence-electron chi connectivity index (χ0n) is 23.2. The first-order valence-corrected chi connectivity index (χ1v) is 15.1. The SMILES string of the molecule is Nc1ncnc2c1c(-c1ccc3c(ccn3Cc3ccccc3Cl)c1)nn2[C@H]1CC[C@@H](N2CCC(CO)CC2)CC1. The maximum absolute atomic E-state index is 9.50. The highest BCUT2D eigenvalue weighted by Crippen LogP contribution is 2.38. The topological polar surface area (TPSA) is 98.0 Å². The molecule has 1 aliphatic carbocycles. The number of benzene rings is 2. The van der Waals surface area contributed by atoms with Gasteiger partial charge in [-0.25, -0.2) is 14.6 Å². The van der Waals surface area contributed by atoms with E-state index in [9.17, 15) is 5.11 Å². The first kappa shape index (κ1) is 26.4. The number of nitrogens with two attached hydrogens (primary N) is 1. The largest absolute Gasteiger partial charge is 0.396 e. The summed E-state index contributed by atoms with van der Waals surface area (Å²) in [6.07, 6.45) is 10.3. The molecule has 0 bridgehead atoms. The Bertz CT molecular complexity index is 1680. The predicted octanol–water partition coefficient (Wildman–Crippen LogP) is 5.92. The lowest BCUT2D eigenvalue weighted by atomic mass is 9.88. The summed E-state index contributed by atoms with van der Waals surface area (Å²) in [7, 11) is 0. The van der Waals surface area contributed by atoms with E-state index in [0.717, 1.165) is 95.4 Å². The molecular weight excluding hydrogens is 534 g/mol. The van der Waals surface area contributed by atoms with E-state index >= 15 is 0 Å². The minimum Gasteiger partial charge on any atom is -0.396 e. The van der Waals surface area contributed by atoms with Crippen LogP contribution in [0.1, 0.15) is 50.1 Å². The van der Waals surface area contributed by atoms with Crippen LogP contribution < -0.4 is 5.73 Å². The Labute approximate surface area is 244 Å². The molecule has 212 valence electrons. The van der Waals surface area contributed by atoms with Crippen LogP contribution in [0.15, 0.2) is 61.1 Å². The summed E-state index contributed by atoms with van der Waals surface area (Å²) >= 11 is 6.43. The smallest absolute Gasteiger partial charge is 0.164 e. The Morgan fingerprint density at radius 3 is 2.49 bits per heavy atom. The van der Waals surface area contributed by atoms with E-state index in [1.165, 1.54) is 0 Å². The average molecular weight is 570 g/mol. The molecule has 1 aliphatic heterocycles. The van der Waals surface area contributed by atoms with Crippen molar-refractivity contribution in [3.05, 3.63) is 71.6 Å². The molecule has 2 aromatic carbocycles. The Kier molecular flexibility index (Phi) is 7.15. The number of hydrogen-bond donors (Lipinski definition) is 2. The maximum Gasteiger partial charge on any atom is 0.164 e. The summed E-state index contributed by atoms with van der Waals surface area (Å²) in [5.41, 5.74) is 11.4. The Morgan fingerprint density at radius 1 is 0.927 bits per heavy atom. The fourth-order valence-electron chi connectivity index (χ4n) is 6.92. The van der Waals surface area contributed by atoms with E-state index in [-0.39, 0.29) is 6.04 Å². The second-order valence-corrected chi connectivity index (χ2v) is 12.1. The van der Waals surface area contributed by atoms with Crippen molar-refractivity contribution in [2.75, 3.05) is 25.4 Å². The van der Waals surface area contributed by atoms with Crippen molar-refractivity contribution in [1.82, 2.24) is 29.2 Å². The molecule has 0 atom stereocenters. The van der Waals surface area contributed by atoms with Gasteiger partial charge in [-0.1, -0.05) is 35.9 Å². The minimum absolute atomic E-state index is 0.284. The number of piperidine rings is 1. The van der Waals surface area contributed by atoms with Crippen molar-refractivity contribution in [2.24, 2.45) is 5.92 Å². The standard InChI is InChI=1S/C32H36ClN7O/c33-27-4-2-1-3-24(27)18-39-16-13-22-17-23(5-10-28(22)39)30-29-31(34)35-20-36-32(29)40(37-30)26-8-6-25(7-9-26)38-14-11-21(19-41)12-15-38/h1-5,10,13,16-17,20-21,25-26,41H,6-9,11-12,14-15,18-19H2,(H2,34,35,36)/t25-,26+. The van der Waals surface area contributed by atoms with Crippen molar-refractivity contribution >= 4 is 39.4 Å². The summed E-state index contributed by atoms with van der Waals surface area (Å²) in [4.78, 5) is 11.6. The van der Waals surface area contributed by atoms with Crippen LogP contribution in [0.25, 0.3) is 33.2 Å². The number of aliphatic hydroxyl groups excluding tert-OH is 1. The maximum atomic E-state index is 9.50. The molecule has 0 unspecified atom stereocenters. The number of likely N-dealkylation sites (tertiary alicyclic amines) is 1. The highest BCUT2D eigenvalue weighted by Gasteiger charge is 2.31. The molecule has 1 saturated heterocycles. The molecule has 3 aromatic heterocycles. The third-order valence-corrected chi connectivity index (χ3v) is 9.67. The molecule has 0 amide bonds. The van der Waals surface area contributed by atoms with Crippen molar-refractivity contribution < 1.29 is 5.11 Å². The zero-order chi connectivity index (χ0) is 27.9. The Hall–Kier alpha value is -3.46. The molecule has 9 heteroatoms. The van der Waals surface area contributed by atoms with Crippen LogP contribution in [0.3, 0.4) is 0 Å². The summed E-state index contributed by atoms with van der Waals surface area (Å²) < 4.78 is 4.34. The van der Waals surface area contributed by atoms with E-state index in [1.54, 1.807) is 6.33 Å². The first-order chi connectivity index (χ1) is 20.1. The molecule has 7 rings (SSSR count). The van der Waals surface area contributed by atoms with Crippen molar-refractivity contribution in [2.45, 2.75) is 57.2 Å². The van der Waals surface area contributed by atoms with E-state index in [1.807, 2.05) is 18.2 Å². The summed E-state index contributed by atoms with van der Waals surface area (Å²) in [6.45, 7) is 3.23. The molecule has 2 aliphatic rings. The van der Waals surface area contributed by atoms with Crippen LogP contribution in [-0.2, 0) is 6.54 Å². The highest BCUT2D eigenvalue weighted by molar-refractivity contribution is 6.31. The molecule has 1 saturated carbocycles. The number of hydrogen-bond acceptors (Lipinski definition) is 6. The summed E-state index contributed by atoms with van der Waals surface area (Å²) in [6, 6.07) is 17.5. The van der Waals surface area contributed by atoms with Crippen LogP contribution in [0, 0.1) is 5.92 Å². The number of aromatic nitrogens is 5. The van der Waals surface area contributed by atoms with Gasteiger partial charge in [0, 0.05) is 46.9 Å². The van der Waals surface area contributed by atoms with Crippen LogP contribution in [0.4, 0.5) is 5.82 Å². The van der Waals surface area contributed by atoms with Crippen LogP contribution >= 0.6 is 11.6 Å². The first-order valence-electron chi connectivity index (χ1n) is 14.8. The van der Waals surface area contributed by atoms with E-state index < -0.39 is 0 Å². The number of anilines is 1. The van der Waals surface area contributed by atoms with Gasteiger partial charge in [0.05, 0.1) is 11.4 Å². The number of fused-ring (bicyclic) bond motifs is 2. The molecule has 8 nitrogen and oxygen atoms in total. The van der Waals surface area contributed by atoms with E-state index in [0.29, 0.717) is 30.9 Å². The van der Waals surface area contributed by atoms with Crippen molar-refractivity contribution in [3.63, 3.8) is 0 Å². The van der Waals surface area contributed by atoms with Gasteiger partial charge in [-0.2, -0.15) is 5.10 Å². The third-order valence-electron chi connectivity index (χ3n) is 9.30. The quantitative estimate of drug-likeness (QED) is 0.263. The third kappa shape index (κ3) is 4.98. The second-order valence-electron chi connectivity index (χ2n) is 11.7. The second kappa shape index (κ2) is 11.1. The number of rotatable bonds is 6. The average Bonchev–Trinajstić information content (AvgIpc) is 3.60. The van der Waals surface area contributed by atoms with Gasteiger partial charge in [-0.05, 0) is 87.4 Å². The van der Waals surface area contributed by atoms with Crippen LogP contribution in [-0.4, -0.2) is 60.1 Å². The molecule has 0 radical (unpaired) electrons. The van der Waals surface area contributed by atoms with Crippen molar-refractivity contribution in [3.8, 4) is 11.3 Å².